The van der Waals surface area contributed by atoms with Crippen molar-refractivity contribution in [3.8, 4) is 11.5 Å². The summed E-state index contributed by atoms with van der Waals surface area (Å²) in [7, 11) is -3.49. The zero-order valence-electron chi connectivity index (χ0n) is 16.4. The van der Waals surface area contributed by atoms with Gasteiger partial charge < -0.3 is 14.8 Å². The van der Waals surface area contributed by atoms with E-state index in [2.05, 4.69) is 5.32 Å². The maximum absolute atomic E-state index is 12.7. The van der Waals surface area contributed by atoms with Crippen LogP contribution in [-0.2, 0) is 21.2 Å². The molecule has 30 heavy (non-hydrogen) atoms. The molecule has 2 heterocycles. The third kappa shape index (κ3) is 4.55. The van der Waals surface area contributed by atoms with Crippen molar-refractivity contribution < 1.29 is 22.7 Å². The lowest BCUT2D eigenvalue weighted by Crippen LogP contribution is -2.35. The predicted octanol–water partition coefficient (Wildman–Crippen LogP) is 3.47. The number of benzene rings is 2. The highest BCUT2D eigenvalue weighted by Gasteiger charge is 2.25. The van der Waals surface area contributed by atoms with Crippen molar-refractivity contribution in [3.63, 3.8) is 0 Å². The molecule has 1 N–H and O–H groups in total. The molecule has 1 fully saturated rings. The molecule has 2 aromatic carbocycles. The summed E-state index contributed by atoms with van der Waals surface area (Å²) in [5, 5.41) is 3.19. The second-order valence-corrected chi connectivity index (χ2v) is 9.66. The number of nitrogens with zero attached hydrogens (tertiary/aromatic N) is 1. The van der Waals surface area contributed by atoms with Crippen LogP contribution in [0, 0.1) is 0 Å². The van der Waals surface area contributed by atoms with Crippen molar-refractivity contribution >= 4 is 33.2 Å². The van der Waals surface area contributed by atoms with E-state index >= 15 is 0 Å². The Morgan fingerprint density at radius 1 is 1.03 bits per heavy atom. The van der Waals surface area contributed by atoms with Gasteiger partial charge in [-0.25, -0.2) is 8.42 Å². The molecule has 0 saturated carbocycles. The first-order chi connectivity index (χ1) is 14.4. The van der Waals surface area contributed by atoms with E-state index in [1.165, 1.54) is 16.4 Å². The van der Waals surface area contributed by atoms with Crippen molar-refractivity contribution in [1.82, 2.24) is 4.31 Å². The molecule has 4 rings (SSSR count). The average molecular weight is 451 g/mol. The minimum Gasteiger partial charge on any atom is -0.486 e. The summed E-state index contributed by atoms with van der Waals surface area (Å²) in [6, 6.07) is 9.69. The van der Waals surface area contributed by atoms with Gasteiger partial charge >= 0.3 is 0 Å². The van der Waals surface area contributed by atoms with Gasteiger partial charge in [-0.15, -0.1) is 0 Å². The van der Waals surface area contributed by atoms with Crippen LogP contribution >= 0.6 is 11.6 Å². The number of rotatable bonds is 5. The topological polar surface area (TPSA) is 84.9 Å². The van der Waals surface area contributed by atoms with Crippen molar-refractivity contribution in [2.24, 2.45) is 0 Å². The van der Waals surface area contributed by atoms with Crippen LogP contribution in [0.5, 0.6) is 11.5 Å². The maximum Gasteiger partial charge on any atom is 0.243 e. The molecule has 0 aromatic heterocycles. The fraction of sp³-hybridized carbons (Fsp3) is 0.381. The van der Waals surface area contributed by atoms with Crippen molar-refractivity contribution in [2.75, 3.05) is 31.6 Å². The van der Waals surface area contributed by atoms with Gasteiger partial charge in [-0.2, -0.15) is 4.31 Å². The lowest BCUT2D eigenvalue weighted by Gasteiger charge is -2.25. The van der Waals surface area contributed by atoms with Gasteiger partial charge in [0.15, 0.2) is 11.5 Å². The van der Waals surface area contributed by atoms with Crippen LogP contribution in [0.3, 0.4) is 0 Å². The summed E-state index contributed by atoms with van der Waals surface area (Å²) < 4.78 is 38.0. The minimum absolute atomic E-state index is 0.101. The fourth-order valence-corrected chi connectivity index (χ4v) is 5.43. The number of hydrogen-bond donors (Lipinski definition) is 1. The molecule has 2 aliphatic rings. The van der Waals surface area contributed by atoms with Crippen molar-refractivity contribution in [3.05, 3.63) is 47.0 Å². The summed E-state index contributed by atoms with van der Waals surface area (Å²) in [5.41, 5.74) is 1.23. The largest absolute Gasteiger partial charge is 0.486 e. The molecule has 0 unspecified atom stereocenters. The van der Waals surface area contributed by atoms with Crippen molar-refractivity contribution in [1.29, 1.82) is 0 Å². The molecule has 1 saturated heterocycles. The molecular weight excluding hydrogens is 428 g/mol. The molecule has 9 heteroatoms. The second-order valence-electron chi connectivity index (χ2n) is 7.32. The number of carbonyl (C=O) groups excluding carboxylic acids is 1. The van der Waals surface area contributed by atoms with Gasteiger partial charge in [-0.3, -0.25) is 4.79 Å². The number of amides is 1. The Labute approximate surface area is 181 Å². The molecule has 0 aliphatic carbocycles. The maximum atomic E-state index is 12.7. The normalized spacial score (nSPS) is 16.8. The molecule has 2 aromatic rings. The number of nitrogens with one attached hydrogen (secondary N) is 1. The number of carbonyl (C=O) groups is 1. The lowest BCUT2D eigenvalue weighted by molar-refractivity contribution is -0.115. The predicted molar refractivity (Wildman–Crippen MR) is 114 cm³/mol. The Bertz CT molecular complexity index is 1030. The van der Waals surface area contributed by atoms with Crippen LogP contribution in [-0.4, -0.2) is 44.9 Å². The molecule has 1 amide bonds. The van der Waals surface area contributed by atoms with E-state index in [4.69, 9.17) is 21.1 Å². The number of ether oxygens (including phenoxy) is 2. The SMILES string of the molecule is O=C(Cc1cc(Cl)c2c(c1)OCCO2)Nc1ccc(S(=O)(=O)N2CCCCC2)cc1. The van der Waals surface area contributed by atoms with Gasteiger partial charge in [0.05, 0.1) is 16.3 Å². The molecule has 0 spiro atoms. The highest BCUT2D eigenvalue weighted by atomic mass is 35.5. The Kier molecular flexibility index (Phi) is 6.17. The monoisotopic (exact) mass is 450 g/mol. The summed E-state index contributed by atoms with van der Waals surface area (Å²) in [4.78, 5) is 12.7. The first-order valence-electron chi connectivity index (χ1n) is 9.91. The van der Waals surface area contributed by atoms with Gasteiger partial charge in [0.25, 0.3) is 0 Å². The highest BCUT2D eigenvalue weighted by molar-refractivity contribution is 7.89. The quantitative estimate of drug-likeness (QED) is 0.753. The van der Waals surface area contributed by atoms with Gasteiger partial charge in [0, 0.05) is 18.8 Å². The van der Waals surface area contributed by atoms with Crippen LogP contribution in [0.25, 0.3) is 0 Å². The van der Waals surface area contributed by atoms with E-state index in [9.17, 15) is 13.2 Å². The highest BCUT2D eigenvalue weighted by Crippen LogP contribution is 2.38. The average Bonchev–Trinajstić information content (AvgIpc) is 2.75. The summed E-state index contributed by atoms with van der Waals surface area (Å²) in [5.74, 6) is 0.788. The van der Waals surface area contributed by atoms with Crippen LogP contribution < -0.4 is 14.8 Å². The molecule has 160 valence electrons. The first kappa shape index (κ1) is 21.0. The smallest absolute Gasteiger partial charge is 0.243 e. The summed E-state index contributed by atoms with van der Waals surface area (Å²) >= 11 is 6.22. The van der Waals surface area contributed by atoms with Gasteiger partial charge in [0.1, 0.15) is 13.2 Å². The van der Waals surface area contributed by atoms with E-state index in [0.29, 0.717) is 54.1 Å². The first-order valence-corrected chi connectivity index (χ1v) is 11.7. The number of hydrogen-bond acceptors (Lipinski definition) is 5. The third-order valence-electron chi connectivity index (χ3n) is 5.11. The minimum atomic E-state index is -3.49. The molecule has 0 radical (unpaired) electrons. The lowest BCUT2D eigenvalue weighted by atomic mass is 10.1. The second kappa shape index (κ2) is 8.83. The summed E-state index contributed by atoms with van der Waals surface area (Å²) in [6.07, 6.45) is 2.93. The van der Waals surface area contributed by atoms with E-state index < -0.39 is 10.0 Å². The van der Waals surface area contributed by atoms with E-state index in [-0.39, 0.29) is 17.2 Å². The zero-order chi connectivity index (χ0) is 21.1. The Hall–Kier alpha value is -2.29. The Balaban J connectivity index is 1.41. The van der Waals surface area contributed by atoms with E-state index in [1.807, 2.05) is 0 Å². The van der Waals surface area contributed by atoms with Gasteiger partial charge in [-0.05, 0) is 54.8 Å². The van der Waals surface area contributed by atoms with Crippen LogP contribution in [0.1, 0.15) is 24.8 Å². The van der Waals surface area contributed by atoms with Gasteiger partial charge in [0.2, 0.25) is 15.9 Å². The van der Waals surface area contributed by atoms with Gasteiger partial charge in [-0.1, -0.05) is 18.0 Å². The van der Waals surface area contributed by atoms with E-state index in [0.717, 1.165) is 19.3 Å². The van der Waals surface area contributed by atoms with Crippen LogP contribution in [0.2, 0.25) is 5.02 Å². The number of halogens is 1. The molecule has 7 nitrogen and oxygen atoms in total. The number of piperidine rings is 1. The molecule has 2 aliphatic heterocycles. The van der Waals surface area contributed by atoms with Crippen LogP contribution in [0.15, 0.2) is 41.3 Å². The molecule has 0 atom stereocenters. The third-order valence-corrected chi connectivity index (χ3v) is 7.31. The zero-order valence-corrected chi connectivity index (χ0v) is 18.0. The van der Waals surface area contributed by atoms with Crippen LogP contribution in [0.4, 0.5) is 5.69 Å². The van der Waals surface area contributed by atoms with E-state index in [1.54, 1.807) is 24.3 Å². The molecule has 0 bridgehead atoms. The Morgan fingerprint density at radius 3 is 2.47 bits per heavy atom. The number of anilines is 1. The van der Waals surface area contributed by atoms with Crippen molar-refractivity contribution in [2.45, 2.75) is 30.6 Å². The standard InChI is InChI=1S/C21H23ClN2O5S/c22-18-12-15(13-19-21(18)29-11-10-28-19)14-20(25)23-16-4-6-17(7-5-16)30(26,27)24-8-2-1-3-9-24/h4-7,12-13H,1-3,8-11,14H2,(H,23,25). The fourth-order valence-electron chi connectivity index (χ4n) is 3.62. The molecular formula is C21H23ClN2O5S. The number of sulfonamides is 1. The number of fused-ring (bicyclic) bond motifs is 1. The Morgan fingerprint density at radius 2 is 1.73 bits per heavy atom. The summed E-state index contributed by atoms with van der Waals surface area (Å²) in [6.45, 7) is 1.99.